The van der Waals surface area contributed by atoms with E-state index in [1.807, 2.05) is 0 Å². The molecule has 0 bridgehead atoms. The molecule has 0 atom stereocenters. The average Bonchev–Trinajstić information content (AvgIpc) is 4.46. The van der Waals surface area contributed by atoms with Crippen LogP contribution >= 0.6 is 0 Å². The molecule has 12 aromatic carbocycles. The lowest BCUT2D eigenvalue weighted by atomic mass is 10.0. The first-order valence-electron chi connectivity index (χ1n) is 26.5. The summed E-state index contributed by atoms with van der Waals surface area (Å²) >= 11 is 0. The first kappa shape index (κ1) is 43.5. The van der Waals surface area contributed by atoms with E-state index in [0.29, 0.717) is 0 Å². The van der Waals surface area contributed by atoms with Crippen molar-refractivity contribution in [2.75, 3.05) is 0 Å². The van der Waals surface area contributed by atoms with E-state index in [1.165, 1.54) is 75.1 Å². The summed E-state index contributed by atoms with van der Waals surface area (Å²) in [6.45, 7) is 0. The Morgan fingerprint density at radius 3 is 1.49 bits per heavy atom. The van der Waals surface area contributed by atoms with Gasteiger partial charge in [0.1, 0.15) is 11.2 Å². The highest BCUT2D eigenvalue weighted by atomic mass is 28.3. The van der Waals surface area contributed by atoms with Gasteiger partial charge in [-0.05, 0) is 105 Å². The van der Waals surface area contributed by atoms with Gasteiger partial charge in [-0.1, -0.05) is 206 Å². The number of hydrogen-bond acceptors (Lipinski definition) is 1. The van der Waals surface area contributed by atoms with Crippen LogP contribution in [0.3, 0.4) is 0 Å². The second kappa shape index (κ2) is 17.0. The summed E-state index contributed by atoms with van der Waals surface area (Å²) in [7, 11) is -3.15. The molecule has 0 aliphatic carbocycles. The Morgan fingerprint density at radius 2 is 0.792 bits per heavy atom. The minimum atomic E-state index is -3.15. The highest BCUT2D eigenvalue weighted by Crippen LogP contribution is 2.44. The predicted molar refractivity (Wildman–Crippen MR) is 326 cm³/mol. The molecule has 4 heterocycles. The number of rotatable bonds is 8. The molecule has 0 unspecified atom stereocenters. The molecular weight excluding hydrogens is 951 g/mol. The molecule has 5 heteroatoms. The van der Waals surface area contributed by atoms with E-state index in [2.05, 4.69) is 299 Å². The molecule has 4 nitrogen and oxygen atoms in total. The molecule has 360 valence electrons. The molecule has 77 heavy (non-hydrogen) atoms. The third kappa shape index (κ3) is 6.32. The zero-order valence-corrected chi connectivity index (χ0v) is 42.9. The zero-order valence-electron chi connectivity index (χ0n) is 41.9. The average molecular weight is 998 g/mol. The monoisotopic (exact) mass is 997 g/mol. The smallest absolute Gasteiger partial charge is 0.180 e. The molecule has 0 saturated heterocycles. The maximum Gasteiger partial charge on any atom is 0.180 e. The highest BCUT2D eigenvalue weighted by molar-refractivity contribution is 7.21. The van der Waals surface area contributed by atoms with Crippen molar-refractivity contribution >= 4 is 116 Å². The van der Waals surface area contributed by atoms with Gasteiger partial charge in [0.25, 0.3) is 0 Å². The maximum absolute atomic E-state index is 6.81. The van der Waals surface area contributed by atoms with Gasteiger partial charge in [-0.3, -0.25) is 0 Å². The lowest BCUT2D eigenvalue weighted by Crippen LogP contribution is -2.74. The molecule has 0 aliphatic heterocycles. The quantitative estimate of drug-likeness (QED) is 0.110. The molecule has 16 aromatic rings. The summed E-state index contributed by atoms with van der Waals surface area (Å²) in [5.74, 6) is 0. The van der Waals surface area contributed by atoms with E-state index in [0.717, 1.165) is 61.2 Å². The number of hydrogen-bond donors (Lipinski definition) is 0. The van der Waals surface area contributed by atoms with Crippen LogP contribution in [0.5, 0.6) is 0 Å². The number of aromatic nitrogens is 3. The summed E-state index contributed by atoms with van der Waals surface area (Å²) in [4.78, 5) is 0. The minimum absolute atomic E-state index is 0.878. The molecule has 0 aliphatic rings. The van der Waals surface area contributed by atoms with E-state index in [-0.39, 0.29) is 0 Å². The van der Waals surface area contributed by atoms with E-state index in [9.17, 15) is 0 Å². The van der Waals surface area contributed by atoms with Gasteiger partial charge >= 0.3 is 0 Å². The Labute approximate surface area is 445 Å². The zero-order chi connectivity index (χ0) is 50.6. The first-order chi connectivity index (χ1) is 38.2. The van der Waals surface area contributed by atoms with Gasteiger partial charge in [0.2, 0.25) is 0 Å². The number of nitrogens with zero attached hydrogens (tertiary/aromatic N) is 3. The lowest BCUT2D eigenvalue weighted by molar-refractivity contribution is 0.670. The Balaban J connectivity index is 0.960. The molecular formula is C72H47N3OSi. The van der Waals surface area contributed by atoms with Crippen molar-refractivity contribution in [1.82, 2.24) is 13.7 Å². The Morgan fingerprint density at radius 1 is 0.286 bits per heavy atom. The highest BCUT2D eigenvalue weighted by Gasteiger charge is 2.43. The van der Waals surface area contributed by atoms with Gasteiger partial charge in [-0.2, -0.15) is 0 Å². The normalized spacial score (nSPS) is 12.2. The first-order valence-corrected chi connectivity index (χ1v) is 28.5. The SMILES string of the molecule is c1ccc(-c2ccc(-n3c4ccccc4c4cc(-n5c6ccccc6c6c([Si](c7ccccc7)(c7ccccc7)c7ccc8c(c7)c7ccccc7n8-c7ccccc7)cccc65)ccc43)c3c2oc2ccccc23)cc1. The molecule has 0 radical (unpaired) electrons. The number of furan rings is 1. The van der Waals surface area contributed by atoms with Crippen molar-refractivity contribution in [3.05, 3.63) is 285 Å². The Hall–Kier alpha value is -9.94. The third-order valence-electron chi connectivity index (χ3n) is 16.4. The van der Waals surface area contributed by atoms with E-state index in [1.54, 1.807) is 0 Å². The Bertz CT molecular complexity index is 4930. The van der Waals surface area contributed by atoms with Crippen LogP contribution in [0.15, 0.2) is 290 Å². The van der Waals surface area contributed by atoms with Crippen LogP contribution in [0, 0.1) is 0 Å². The third-order valence-corrected chi connectivity index (χ3v) is 21.2. The number of benzene rings is 12. The van der Waals surface area contributed by atoms with Crippen molar-refractivity contribution in [1.29, 1.82) is 0 Å². The van der Waals surface area contributed by atoms with Gasteiger partial charge in [0.05, 0.1) is 44.2 Å². The van der Waals surface area contributed by atoms with Crippen LogP contribution in [-0.4, -0.2) is 21.8 Å². The summed E-state index contributed by atoms with van der Waals surface area (Å²) < 4.78 is 14.2. The van der Waals surface area contributed by atoms with Crippen molar-refractivity contribution in [2.24, 2.45) is 0 Å². The fourth-order valence-electron chi connectivity index (χ4n) is 13.2. The maximum atomic E-state index is 6.81. The van der Waals surface area contributed by atoms with Crippen LogP contribution in [0.2, 0.25) is 0 Å². The molecule has 16 rings (SSSR count). The van der Waals surface area contributed by atoms with Gasteiger partial charge in [0.15, 0.2) is 8.07 Å². The molecule has 0 spiro atoms. The van der Waals surface area contributed by atoms with Crippen LogP contribution in [0.1, 0.15) is 0 Å². The van der Waals surface area contributed by atoms with Crippen LogP contribution in [0.4, 0.5) is 0 Å². The van der Waals surface area contributed by atoms with Crippen molar-refractivity contribution < 1.29 is 4.42 Å². The second-order valence-electron chi connectivity index (χ2n) is 20.3. The van der Waals surface area contributed by atoms with Crippen LogP contribution < -0.4 is 20.7 Å². The second-order valence-corrected chi connectivity index (χ2v) is 24.1. The molecule has 0 amide bonds. The molecule has 0 fully saturated rings. The minimum Gasteiger partial charge on any atom is -0.455 e. The van der Waals surface area contributed by atoms with Gasteiger partial charge in [0, 0.05) is 54.6 Å². The topological polar surface area (TPSA) is 27.9 Å². The lowest BCUT2D eigenvalue weighted by Gasteiger charge is -2.35. The van der Waals surface area contributed by atoms with Crippen molar-refractivity contribution in [2.45, 2.75) is 0 Å². The fraction of sp³-hybridized carbons (Fsp3) is 0. The van der Waals surface area contributed by atoms with Crippen LogP contribution in [0.25, 0.3) is 116 Å². The largest absolute Gasteiger partial charge is 0.455 e. The predicted octanol–water partition coefficient (Wildman–Crippen LogP) is 15.9. The van der Waals surface area contributed by atoms with Crippen molar-refractivity contribution in [3.8, 4) is 28.2 Å². The summed E-state index contributed by atoms with van der Waals surface area (Å²) in [6.07, 6.45) is 0. The molecule has 0 saturated carbocycles. The summed E-state index contributed by atoms with van der Waals surface area (Å²) in [5.41, 5.74) is 14.4. The van der Waals surface area contributed by atoms with Gasteiger partial charge in [-0.25, -0.2) is 0 Å². The number of para-hydroxylation sites is 5. The van der Waals surface area contributed by atoms with Crippen LogP contribution in [-0.2, 0) is 0 Å². The van der Waals surface area contributed by atoms with E-state index in [4.69, 9.17) is 4.42 Å². The molecule has 0 N–H and O–H groups in total. The fourth-order valence-corrected chi connectivity index (χ4v) is 18.2. The standard InChI is InChI=1S/C72H47N3OSi/c1-5-22-48(23-6-1)54-42-45-67(71-58-33-16-20-38-68(58)76-72(54)71)75-62-35-18-14-30-55(62)59-46-50(40-43-65(59)75)74-63-36-19-15-32-57(63)70-66(74)37-21-39-69(70)77(51-26-9-3-10-27-51,52-28-11-4-12-29-52)53-41-44-64-60(47-53)56-31-13-17-34-61(56)73(64)49-24-7-2-8-25-49/h1-47H. The summed E-state index contributed by atoms with van der Waals surface area (Å²) in [6, 6.07) is 105. The van der Waals surface area contributed by atoms with E-state index >= 15 is 0 Å². The van der Waals surface area contributed by atoms with E-state index < -0.39 is 8.07 Å². The molecule has 4 aromatic heterocycles. The van der Waals surface area contributed by atoms with Crippen molar-refractivity contribution in [3.63, 3.8) is 0 Å². The van der Waals surface area contributed by atoms with Gasteiger partial charge < -0.3 is 18.1 Å². The Kier molecular flexibility index (Phi) is 9.62. The van der Waals surface area contributed by atoms with Gasteiger partial charge in [-0.15, -0.1) is 0 Å². The summed E-state index contributed by atoms with van der Waals surface area (Å²) in [5, 5.41) is 15.0. The number of fused-ring (bicyclic) bond motifs is 12.